The van der Waals surface area contributed by atoms with E-state index in [0.29, 0.717) is 11.8 Å². The van der Waals surface area contributed by atoms with Crippen molar-refractivity contribution in [2.24, 2.45) is 17.6 Å². The molecular weight excluding hydrogens is 286 g/mol. The Morgan fingerprint density at radius 2 is 1.76 bits per heavy atom. The van der Waals surface area contributed by atoms with E-state index >= 15 is 0 Å². The number of nitrogens with two attached hydrogens (primary N) is 1. The number of hydrogen-bond acceptors (Lipinski definition) is 4. The maximum atomic E-state index is 11.7. The zero-order chi connectivity index (χ0) is 15.3. The SMILES string of the molecule is CNS(=O)(=O)c1ccc(NCC2CCCCC2CN)cc1. The number of benzene rings is 1. The van der Waals surface area contributed by atoms with E-state index in [1.165, 1.54) is 32.7 Å². The Balaban J connectivity index is 1.94. The average molecular weight is 311 g/mol. The summed E-state index contributed by atoms with van der Waals surface area (Å²) in [6, 6.07) is 6.86. The first-order chi connectivity index (χ1) is 10.1. The maximum absolute atomic E-state index is 11.7. The van der Waals surface area contributed by atoms with Crippen molar-refractivity contribution in [3.8, 4) is 0 Å². The molecular formula is C15H25N3O2S. The molecule has 0 aromatic heterocycles. The smallest absolute Gasteiger partial charge is 0.240 e. The summed E-state index contributed by atoms with van der Waals surface area (Å²) >= 11 is 0. The third-order valence-corrected chi connectivity index (χ3v) is 5.80. The van der Waals surface area contributed by atoms with Gasteiger partial charge in [0, 0.05) is 12.2 Å². The Morgan fingerprint density at radius 3 is 2.33 bits per heavy atom. The molecule has 4 N–H and O–H groups in total. The highest BCUT2D eigenvalue weighted by atomic mass is 32.2. The van der Waals surface area contributed by atoms with E-state index < -0.39 is 10.0 Å². The standard InChI is InChI=1S/C15H25N3O2S/c1-17-21(19,20)15-8-6-14(7-9-15)18-11-13-5-3-2-4-12(13)10-16/h6-9,12-13,17-18H,2-5,10-11,16H2,1H3. The van der Waals surface area contributed by atoms with Crippen LogP contribution in [0.2, 0.25) is 0 Å². The summed E-state index contributed by atoms with van der Waals surface area (Å²) in [6.45, 7) is 1.66. The molecule has 0 spiro atoms. The maximum Gasteiger partial charge on any atom is 0.240 e. The third-order valence-electron chi connectivity index (χ3n) is 4.37. The lowest BCUT2D eigenvalue weighted by molar-refractivity contribution is 0.255. The Kier molecular flexibility index (Phi) is 5.61. The second-order valence-corrected chi connectivity index (χ2v) is 7.54. The summed E-state index contributed by atoms with van der Waals surface area (Å²) < 4.78 is 25.6. The molecule has 1 fully saturated rings. The van der Waals surface area contributed by atoms with Gasteiger partial charge in [0.1, 0.15) is 0 Å². The summed E-state index contributed by atoms with van der Waals surface area (Å²) in [5, 5.41) is 3.40. The fourth-order valence-corrected chi connectivity index (χ4v) is 3.71. The largest absolute Gasteiger partial charge is 0.385 e. The first-order valence-electron chi connectivity index (χ1n) is 7.54. The van der Waals surface area contributed by atoms with E-state index in [2.05, 4.69) is 10.0 Å². The fourth-order valence-electron chi connectivity index (χ4n) is 2.98. The summed E-state index contributed by atoms with van der Waals surface area (Å²) in [5.74, 6) is 1.22. The number of hydrogen-bond donors (Lipinski definition) is 3. The van der Waals surface area contributed by atoms with Gasteiger partial charge in [-0.05, 0) is 62.5 Å². The fraction of sp³-hybridized carbons (Fsp3) is 0.600. The number of anilines is 1. The number of nitrogens with one attached hydrogen (secondary N) is 2. The van der Waals surface area contributed by atoms with Crippen LogP contribution in [0.4, 0.5) is 5.69 Å². The van der Waals surface area contributed by atoms with Gasteiger partial charge >= 0.3 is 0 Å². The first kappa shape index (κ1) is 16.3. The monoisotopic (exact) mass is 311 g/mol. The van der Waals surface area contributed by atoms with Crippen molar-refractivity contribution in [2.45, 2.75) is 30.6 Å². The van der Waals surface area contributed by atoms with E-state index in [0.717, 1.165) is 18.8 Å². The van der Waals surface area contributed by atoms with Crippen LogP contribution in [0.15, 0.2) is 29.2 Å². The minimum Gasteiger partial charge on any atom is -0.385 e. The lowest BCUT2D eigenvalue weighted by atomic mass is 9.79. The Hall–Kier alpha value is -1.11. The molecule has 0 aliphatic heterocycles. The predicted molar refractivity (Wildman–Crippen MR) is 85.7 cm³/mol. The lowest BCUT2D eigenvalue weighted by Crippen LogP contribution is -2.31. The van der Waals surface area contributed by atoms with Gasteiger partial charge < -0.3 is 11.1 Å². The van der Waals surface area contributed by atoms with Crippen LogP contribution in [-0.2, 0) is 10.0 Å². The molecule has 0 bridgehead atoms. The minimum atomic E-state index is -3.36. The quantitative estimate of drug-likeness (QED) is 0.747. The molecule has 1 aliphatic carbocycles. The van der Waals surface area contributed by atoms with Crippen molar-refractivity contribution in [3.63, 3.8) is 0 Å². The molecule has 0 radical (unpaired) electrons. The molecule has 1 aromatic rings. The summed E-state index contributed by atoms with van der Waals surface area (Å²) in [6.07, 6.45) is 5.01. The highest BCUT2D eigenvalue weighted by Gasteiger charge is 2.23. The summed E-state index contributed by atoms with van der Waals surface area (Å²) in [5.41, 5.74) is 6.79. The molecule has 1 saturated carbocycles. The molecule has 2 unspecified atom stereocenters. The van der Waals surface area contributed by atoms with Crippen LogP contribution in [0.5, 0.6) is 0 Å². The number of rotatable bonds is 6. The van der Waals surface area contributed by atoms with Gasteiger partial charge in [-0.3, -0.25) is 0 Å². The van der Waals surface area contributed by atoms with Gasteiger partial charge in [-0.2, -0.15) is 0 Å². The lowest BCUT2D eigenvalue weighted by Gasteiger charge is -2.31. The van der Waals surface area contributed by atoms with Crippen LogP contribution >= 0.6 is 0 Å². The van der Waals surface area contributed by atoms with Gasteiger partial charge in [0.25, 0.3) is 0 Å². The Bertz CT molecular complexity index is 543. The Morgan fingerprint density at radius 1 is 1.14 bits per heavy atom. The average Bonchev–Trinajstić information content (AvgIpc) is 2.53. The highest BCUT2D eigenvalue weighted by Crippen LogP contribution is 2.29. The van der Waals surface area contributed by atoms with E-state index in [9.17, 15) is 8.42 Å². The van der Waals surface area contributed by atoms with Crippen molar-refractivity contribution >= 4 is 15.7 Å². The minimum absolute atomic E-state index is 0.285. The van der Waals surface area contributed by atoms with Gasteiger partial charge in [-0.25, -0.2) is 13.1 Å². The van der Waals surface area contributed by atoms with E-state index in [-0.39, 0.29) is 4.90 Å². The molecule has 6 heteroatoms. The van der Waals surface area contributed by atoms with Crippen LogP contribution in [-0.4, -0.2) is 28.6 Å². The zero-order valence-corrected chi connectivity index (χ0v) is 13.3. The molecule has 118 valence electrons. The van der Waals surface area contributed by atoms with Crippen LogP contribution < -0.4 is 15.8 Å². The molecule has 21 heavy (non-hydrogen) atoms. The van der Waals surface area contributed by atoms with E-state index in [1.807, 2.05) is 12.1 Å². The topological polar surface area (TPSA) is 84.2 Å². The molecule has 1 aromatic carbocycles. The molecule has 1 aliphatic rings. The van der Waals surface area contributed by atoms with Crippen molar-refractivity contribution in [3.05, 3.63) is 24.3 Å². The van der Waals surface area contributed by atoms with Gasteiger partial charge in [0.05, 0.1) is 4.90 Å². The zero-order valence-electron chi connectivity index (χ0n) is 12.5. The normalized spacial score (nSPS) is 23.0. The van der Waals surface area contributed by atoms with Crippen molar-refractivity contribution in [1.82, 2.24) is 4.72 Å². The molecule has 0 amide bonds. The second-order valence-electron chi connectivity index (χ2n) is 5.65. The van der Waals surface area contributed by atoms with E-state index in [4.69, 9.17) is 5.73 Å². The molecule has 5 nitrogen and oxygen atoms in total. The predicted octanol–water partition coefficient (Wildman–Crippen LogP) is 1.77. The molecule has 0 heterocycles. The second kappa shape index (κ2) is 7.24. The molecule has 2 atom stereocenters. The highest BCUT2D eigenvalue weighted by molar-refractivity contribution is 7.89. The van der Waals surface area contributed by atoms with Gasteiger partial charge in [-0.15, -0.1) is 0 Å². The van der Waals surface area contributed by atoms with Gasteiger partial charge in [0.15, 0.2) is 0 Å². The third kappa shape index (κ3) is 4.18. The summed E-state index contributed by atoms with van der Waals surface area (Å²) in [7, 11) is -1.94. The van der Waals surface area contributed by atoms with Gasteiger partial charge in [-0.1, -0.05) is 12.8 Å². The van der Waals surface area contributed by atoms with Crippen molar-refractivity contribution in [1.29, 1.82) is 0 Å². The van der Waals surface area contributed by atoms with E-state index in [1.54, 1.807) is 12.1 Å². The van der Waals surface area contributed by atoms with Crippen LogP contribution in [0, 0.1) is 11.8 Å². The molecule has 0 saturated heterocycles. The van der Waals surface area contributed by atoms with Crippen molar-refractivity contribution in [2.75, 3.05) is 25.5 Å². The van der Waals surface area contributed by atoms with Crippen LogP contribution in [0.3, 0.4) is 0 Å². The van der Waals surface area contributed by atoms with Crippen molar-refractivity contribution < 1.29 is 8.42 Å². The number of sulfonamides is 1. The van der Waals surface area contributed by atoms with Crippen LogP contribution in [0.1, 0.15) is 25.7 Å². The molecule has 2 rings (SSSR count). The Labute approximate surface area is 127 Å². The van der Waals surface area contributed by atoms with Crippen LogP contribution in [0.25, 0.3) is 0 Å². The van der Waals surface area contributed by atoms with Gasteiger partial charge in [0.2, 0.25) is 10.0 Å². The first-order valence-corrected chi connectivity index (χ1v) is 9.02. The summed E-state index contributed by atoms with van der Waals surface area (Å²) in [4.78, 5) is 0.285.